The second-order valence-electron chi connectivity index (χ2n) is 6.65. The lowest BCUT2D eigenvalue weighted by atomic mass is 10.0. The summed E-state index contributed by atoms with van der Waals surface area (Å²) in [5.41, 5.74) is 3.42. The van der Waals surface area contributed by atoms with Crippen molar-refractivity contribution >= 4 is 23.4 Å². The lowest BCUT2D eigenvalue weighted by Crippen LogP contribution is -2.04. The summed E-state index contributed by atoms with van der Waals surface area (Å²) in [7, 11) is 0. The number of hydrogen-bond donors (Lipinski definition) is 0. The molecule has 0 aliphatic heterocycles. The van der Waals surface area contributed by atoms with E-state index in [0.29, 0.717) is 0 Å². The van der Waals surface area contributed by atoms with Gasteiger partial charge in [0.25, 0.3) is 0 Å². The van der Waals surface area contributed by atoms with E-state index in [4.69, 9.17) is 11.6 Å². The number of nitrogens with zero attached hydrogens (tertiary/aromatic N) is 4. The Kier molecular flexibility index (Phi) is 6.27. The summed E-state index contributed by atoms with van der Waals surface area (Å²) >= 11 is 7.84. The zero-order valence-corrected chi connectivity index (χ0v) is 17.6. The number of thioether (sulfide) groups is 1. The molecule has 1 unspecified atom stereocenters. The van der Waals surface area contributed by atoms with Gasteiger partial charge in [0.05, 0.1) is 5.25 Å². The molecule has 146 valence electrons. The molecule has 0 radical (unpaired) electrons. The highest BCUT2D eigenvalue weighted by Gasteiger charge is 2.21. The van der Waals surface area contributed by atoms with Gasteiger partial charge in [-0.05, 0) is 41.8 Å². The third-order valence-electron chi connectivity index (χ3n) is 4.60. The largest absolute Gasteiger partial charge is 0.302 e. The Morgan fingerprint density at radius 3 is 2.28 bits per heavy atom. The fourth-order valence-corrected chi connectivity index (χ4v) is 4.53. The number of rotatable bonds is 7. The highest BCUT2D eigenvalue weighted by molar-refractivity contribution is 7.99. The summed E-state index contributed by atoms with van der Waals surface area (Å²) in [5.74, 6) is 0.875. The van der Waals surface area contributed by atoms with Crippen molar-refractivity contribution in [2.45, 2.75) is 30.3 Å². The summed E-state index contributed by atoms with van der Waals surface area (Å²) in [5, 5.41) is 10.8. The normalized spacial score (nSPS) is 12.1. The zero-order valence-electron chi connectivity index (χ0n) is 16.1. The molecule has 2 aromatic carbocycles. The van der Waals surface area contributed by atoms with Crippen LogP contribution >= 0.6 is 23.4 Å². The second-order valence-corrected chi connectivity index (χ2v) is 8.16. The third-order valence-corrected chi connectivity index (χ3v) is 6.15. The van der Waals surface area contributed by atoms with Crippen LogP contribution in [0.5, 0.6) is 0 Å². The van der Waals surface area contributed by atoms with E-state index in [2.05, 4.69) is 63.1 Å². The van der Waals surface area contributed by atoms with E-state index in [9.17, 15) is 0 Å². The SMILES string of the molecule is CCCn1c(SC(c2ccccc2)c2ccc(Cl)cc2)nnc1-c1ccncc1. The topological polar surface area (TPSA) is 43.6 Å². The van der Waals surface area contributed by atoms with E-state index < -0.39 is 0 Å². The lowest BCUT2D eigenvalue weighted by molar-refractivity contribution is 0.625. The van der Waals surface area contributed by atoms with Gasteiger partial charge in [-0.3, -0.25) is 4.98 Å². The number of aromatic nitrogens is 4. The van der Waals surface area contributed by atoms with Crippen molar-refractivity contribution in [1.82, 2.24) is 19.7 Å². The number of halogens is 1. The summed E-state index contributed by atoms with van der Waals surface area (Å²) < 4.78 is 2.20. The van der Waals surface area contributed by atoms with Crippen molar-refractivity contribution in [1.29, 1.82) is 0 Å². The average molecular weight is 421 g/mol. The van der Waals surface area contributed by atoms with E-state index in [0.717, 1.165) is 34.5 Å². The van der Waals surface area contributed by atoms with Crippen molar-refractivity contribution in [2.75, 3.05) is 0 Å². The molecule has 2 heterocycles. The molecule has 0 amide bonds. The maximum atomic E-state index is 6.12. The molecule has 0 spiro atoms. The fourth-order valence-electron chi connectivity index (χ4n) is 3.21. The summed E-state index contributed by atoms with van der Waals surface area (Å²) in [6.45, 7) is 3.02. The van der Waals surface area contributed by atoms with Gasteiger partial charge in [-0.1, -0.05) is 72.8 Å². The molecule has 1 atom stereocenters. The molecule has 0 N–H and O–H groups in total. The van der Waals surface area contributed by atoms with Gasteiger partial charge in [-0.2, -0.15) is 0 Å². The quantitative estimate of drug-likeness (QED) is 0.330. The van der Waals surface area contributed by atoms with Crippen LogP contribution in [0.2, 0.25) is 5.02 Å². The van der Waals surface area contributed by atoms with E-state index in [1.807, 2.05) is 30.3 Å². The molecule has 4 aromatic rings. The van der Waals surface area contributed by atoms with Crippen LogP contribution < -0.4 is 0 Å². The molecule has 4 nitrogen and oxygen atoms in total. The molecule has 0 bridgehead atoms. The van der Waals surface area contributed by atoms with Crippen LogP contribution in [0.25, 0.3) is 11.4 Å². The molecular formula is C23H21ClN4S. The minimum absolute atomic E-state index is 0.0959. The predicted molar refractivity (Wildman–Crippen MR) is 119 cm³/mol. The maximum Gasteiger partial charge on any atom is 0.192 e. The Morgan fingerprint density at radius 2 is 1.59 bits per heavy atom. The number of benzene rings is 2. The van der Waals surface area contributed by atoms with Crippen LogP contribution in [0.15, 0.2) is 84.3 Å². The molecule has 4 rings (SSSR count). The van der Waals surface area contributed by atoms with Crippen molar-refractivity contribution in [3.63, 3.8) is 0 Å². The number of pyridine rings is 1. The van der Waals surface area contributed by atoms with Crippen LogP contribution in [0.3, 0.4) is 0 Å². The van der Waals surface area contributed by atoms with Gasteiger partial charge in [0, 0.05) is 29.5 Å². The Hall–Kier alpha value is -2.63. The minimum atomic E-state index is 0.0959. The summed E-state index contributed by atoms with van der Waals surface area (Å²) in [6.07, 6.45) is 4.57. The first-order valence-corrected chi connectivity index (χ1v) is 10.8. The zero-order chi connectivity index (χ0) is 20.1. The highest BCUT2D eigenvalue weighted by Crippen LogP contribution is 2.41. The van der Waals surface area contributed by atoms with Crippen molar-refractivity contribution in [2.24, 2.45) is 0 Å². The first-order valence-electron chi connectivity index (χ1n) is 9.57. The van der Waals surface area contributed by atoms with Crippen LogP contribution in [0.4, 0.5) is 0 Å². The third kappa shape index (κ3) is 4.52. The fraction of sp³-hybridized carbons (Fsp3) is 0.174. The monoisotopic (exact) mass is 420 g/mol. The standard InChI is InChI=1S/C23H21ClN4S/c1-2-16-28-22(19-12-14-25-15-13-19)26-27-23(28)29-21(17-6-4-3-5-7-17)18-8-10-20(24)11-9-18/h3-15,21H,2,16H2,1H3. The maximum absolute atomic E-state index is 6.12. The van der Waals surface area contributed by atoms with E-state index >= 15 is 0 Å². The van der Waals surface area contributed by atoms with E-state index in [-0.39, 0.29) is 5.25 Å². The summed E-state index contributed by atoms with van der Waals surface area (Å²) in [6, 6.07) is 22.4. The van der Waals surface area contributed by atoms with Crippen molar-refractivity contribution < 1.29 is 0 Å². The van der Waals surface area contributed by atoms with Gasteiger partial charge in [-0.15, -0.1) is 10.2 Å². The first-order chi connectivity index (χ1) is 14.3. The molecule has 0 aliphatic rings. The Morgan fingerprint density at radius 1 is 0.897 bits per heavy atom. The van der Waals surface area contributed by atoms with Gasteiger partial charge in [-0.25, -0.2) is 0 Å². The molecule has 0 fully saturated rings. The van der Waals surface area contributed by atoms with Crippen LogP contribution in [0.1, 0.15) is 29.7 Å². The molecule has 0 saturated heterocycles. The molecule has 6 heteroatoms. The van der Waals surface area contributed by atoms with Gasteiger partial charge >= 0.3 is 0 Å². The van der Waals surface area contributed by atoms with E-state index in [1.54, 1.807) is 24.2 Å². The highest BCUT2D eigenvalue weighted by atomic mass is 35.5. The van der Waals surface area contributed by atoms with Gasteiger partial charge < -0.3 is 4.57 Å². The second kappa shape index (κ2) is 9.25. The Labute approximate surface area is 180 Å². The molecule has 0 saturated carbocycles. The smallest absolute Gasteiger partial charge is 0.192 e. The predicted octanol–water partition coefficient (Wildman–Crippen LogP) is 6.29. The molecule has 2 aromatic heterocycles. The Bertz CT molecular complexity index is 1050. The van der Waals surface area contributed by atoms with E-state index in [1.165, 1.54) is 11.1 Å². The van der Waals surface area contributed by atoms with Gasteiger partial charge in [0.1, 0.15) is 0 Å². The number of hydrogen-bond acceptors (Lipinski definition) is 4. The molecular weight excluding hydrogens is 400 g/mol. The first kappa shape index (κ1) is 19.7. The van der Waals surface area contributed by atoms with Crippen LogP contribution in [0, 0.1) is 0 Å². The Balaban J connectivity index is 1.74. The van der Waals surface area contributed by atoms with Gasteiger partial charge in [0.2, 0.25) is 0 Å². The summed E-state index contributed by atoms with van der Waals surface area (Å²) in [4.78, 5) is 4.11. The minimum Gasteiger partial charge on any atom is -0.302 e. The lowest BCUT2D eigenvalue weighted by Gasteiger charge is -2.18. The molecule has 0 aliphatic carbocycles. The van der Waals surface area contributed by atoms with Crippen molar-refractivity contribution in [3.8, 4) is 11.4 Å². The van der Waals surface area contributed by atoms with Crippen LogP contribution in [-0.4, -0.2) is 19.7 Å². The average Bonchev–Trinajstić information content (AvgIpc) is 3.17. The molecule has 29 heavy (non-hydrogen) atoms. The van der Waals surface area contributed by atoms with Crippen molar-refractivity contribution in [3.05, 3.63) is 95.3 Å². The van der Waals surface area contributed by atoms with Gasteiger partial charge in [0.15, 0.2) is 11.0 Å². The van der Waals surface area contributed by atoms with Crippen LogP contribution in [-0.2, 0) is 6.54 Å².